The van der Waals surface area contributed by atoms with E-state index < -0.39 is 0 Å². The number of aromatic nitrogens is 1. The molecule has 0 N–H and O–H groups in total. The van der Waals surface area contributed by atoms with Crippen LogP contribution in [0.2, 0.25) is 0 Å². The first kappa shape index (κ1) is 18.1. The van der Waals surface area contributed by atoms with Crippen molar-refractivity contribution in [2.24, 2.45) is 0 Å². The highest BCUT2D eigenvalue weighted by atomic mass is 16.5. The van der Waals surface area contributed by atoms with Gasteiger partial charge in [-0.15, -0.1) is 0 Å². The number of hydrogen-bond donors (Lipinski definition) is 0. The van der Waals surface area contributed by atoms with Gasteiger partial charge >= 0.3 is 0 Å². The maximum atomic E-state index is 6.64. The molecule has 0 saturated carbocycles. The third-order valence-corrected chi connectivity index (χ3v) is 6.04. The average Bonchev–Trinajstić information content (AvgIpc) is 3.12. The van der Waals surface area contributed by atoms with Crippen LogP contribution in [0.25, 0.3) is 22.2 Å². The first-order chi connectivity index (χ1) is 14.0. The minimum absolute atomic E-state index is 0.163. The lowest BCUT2D eigenvalue weighted by molar-refractivity contribution is 0.173. The molecule has 1 atom stereocenters. The van der Waals surface area contributed by atoms with Crippen LogP contribution in [0, 0.1) is 0 Å². The number of fused-ring (bicyclic) bond motifs is 5. The summed E-state index contributed by atoms with van der Waals surface area (Å²) < 4.78 is 9.00. The summed E-state index contributed by atoms with van der Waals surface area (Å²) in [6.45, 7) is 8.94. The smallest absolute Gasteiger partial charge is 0.203 e. The highest BCUT2D eigenvalue weighted by Crippen LogP contribution is 2.45. The third-order valence-electron chi connectivity index (χ3n) is 6.04. The van der Waals surface area contributed by atoms with Crippen LogP contribution in [0.5, 0.6) is 5.75 Å². The second-order valence-electron chi connectivity index (χ2n) is 8.66. The van der Waals surface area contributed by atoms with Crippen molar-refractivity contribution in [1.29, 1.82) is 0 Å². The molecule has 5 rings (SSSR count). The van der Waals surface area contributed by atoms with E-state index in [1.165, 1.54) is 38.9 Å². The van der Waals surface area contributed by atoms with Crippen LogP contribution in [-0.2, 0) is 0 Å². The van der Waals surface area contributed by atoms with E-state index in [9.17, 15) is 0 Å². The normalized spacial score (nSPS) is 15.4. The molecule has 2 nitrogen and oxygen atoms in total. The van der Waals surface area contributed by atoms with Gasteiger partial charge in [0, 0.05) is 16.5 Å². The predicted molar refractivity (Wildman–Crippen MR) is 121 cm³/mol. The minimum Gasteiger partial charge on any atom is -0.465 e. The lowest BCUT2D eigenvalue weighted by Crippen LogP contribution is -2.22. The quantitative estimate of drug-likeness (QED) is 0.358. The zero-order valence-electron chi connectivity index (χ0n) is 17.5. The van der Waals surface area contributed by atoms with E-state index in [-0.39, 0.29) is 6.23 Å². The number of hydrogen-bond acceptors (Lipinski definition) is 1. The monoisotopic (exact) mass is 381 g/mol. The highest BCUT2D eigenvalue weighted by Gasteiger charge is 2.29. The second-order valence-corrected chi connectivity index (χ2v) is 8.66. The molecular formula is C27H27NO. The van der Waals surface area contributed by atoms with E-state index in [4.69, 9.17) is 4.74 Å². The van der Waals surface area contributed by atoms with E-state index in [1.807, 2.05) is 0 Å². The van der Waals surface area contributed by atoms with Crippen molar-refractivity contribution < 1.29 is 4.74 Å². The van der Waals surface area contributed by atoms with Crippen molar-refractivity contribution in [2.45, 2.75) is 45.8 Å². The summed E-state index contributed by atoms with van der Waals surface area (Å²) in [6.07, 6.45) is -0.163. The molecule has 0 amide bonds. The summed E-state index contributed by atoms with van der Waals surface area (Å²) in [5, 5.41) is 1.27. The van der Waals surface area contributed by atoms with Crippen LogP contribution >= 0.6 is 0 Å². The zero-order chi connectivity index (χ0) is 20.1. The van der Waals surface area contributed by atoms with Crippen LogP contribution in [-0.4, -0.2) is 4.57 Å². The van der Waals surface area contributed by atoms with E-state index in [2.05, 4.69) is 105 Å². The molecule has 29 heavy (non-hydrogen) atoms. The molecule has 0 aliphatic carbocycles. The van der Waals surface area contributed by atoms with Gasteiger partial charge in [-0.2, -0.15) is 0 Å². The molecule has 0 bridgehead atoms. The van der Waals surface area contributed by atoms with E-state index in [1.54, 1.807) is 0 Å². The van der Waals surface area contributed by atoms with Crippen molar-refractivity contribution in [2.75, 3.05) is 0 Å². The number of nitrogens with zero attached hydrogens (tertiary/aromatic N) is 1. The number of benzene rings is 3. The molecule has 2 heterocycles. The van der Waals surface area contributed by atoms with Crippen LogP contribution in [0.4, 0.5) is 0 Å². The average molecular weight is 382 g/mol. The van der Waals surface area contributed by atoms with Gasteiger partial charge in [0.15, 0.2) is 0 Å². The van der Waals surface area contributed by atoms with Crippen molar-refractivity contribution in [1.82, 2.24) is 4.57 Å². The first-order valence-electron chi connectivity index (χ1n) is 10.5. The van der Waals surface area contributed by atoms with Gasteiger partial charge in [-0.25, -0.2) is 0 Å². The molecular weight excluding hydrogens is 354 g/mol. The largest absolute Gasteiger partial charge is 0.465 e. The number of rotatable bonds is 3. The summed E-state index contributed by atoms with van der Waals surface area (Å²) in [5.74, 6) is 1.96. The molecule has 0 fully saturated rings. The van der Waals surface area contributed by atoms with Gasteiger partial charge in [0.1, 0.15) is 5.75 Å². The summed E-state index contributed by atoms with van der Waals surface area (Å²) in [4.78, 5) is 0. The van der Waals surface area contributed by atoms with E-state index in [0.29, 0.717) is 11.8 Å². The van der Waals surface area contributed by atoms with Gasteiger partial charge in [-0.1, -0.05) is 70.2 Å². The summed E-state index contributed by atoms with van der Waals surface area (Å²) in [7, 11) is 0. The molecule has 3 aromatic carbocycles. The van der Waals surface area contributed by atoms with Gasteiger partial charge in [-0.05, 0) is 53.3 Å². The Hall–Kier alpha value is -3.00. The Morgan fingerprint density at radius 3 is 2.17 bits per heavy atom. The summed E-state index contributed by atoms with van der Waals surface area (Å²) in [5.41, 5.74) is 7.46. The Bertz CT molecular complexity index is 1180. The predicted octanol–water partition coefficient (Wildman–Crippen LogP) is 7.49. The fraction of sp³-hybridized carbons (Fsp3) is 0.259. The molecule has 0 spiro atoms. The summed E-state index contributed by atoms with van der Waals surface area (Å²) >= 11 is 0. The Morgan fingerprint density at radius 1 is 0.759 bits per heavy atom. The maximum absolute atomic E-state index is 6.64. The molecule has 0 radical (unpaired) electrons. The van der Waals surface area contributed by atoms with Crippen LogP contribution in [0.1, 0.15) is 62.4 Å². The van der Waals surface area contributed by atoms with Gasteiger partial charge in [-0.3, -0.25) is 0 Å². The molecule has 1 aliphatic rings. The zero-order valence-corrected chi connectivity index (χ0v) is 17.5. The van der Waals surface area contributed by atoms with Crippen LogP contribution < -0.4 is 4.74 Å². The minimum atomic E-state index is -0.163. The molecule has 0 unspecified atom stereocenters. The van der Waals surface area contributed by atoms with Gasteiger partial charge in [0.25, 0.3) is 0 Å². The number of ether oxygens (including phenoxy) is 1. The SMILES string of the molecule is CC(C)c1ccc2c(c1)O[C@@H](c1ccccc1)n1c-2cc2cc(C(C)C)ccc21. The van der Waals surface area contributed by atoms with Gasteiger partial charge in [0.05, 0.1) is 11.2 Å². The van der Waals surface area contributed by atoms with Gasteiger partial charge in [0.2, 0.25) is 6.23 Å². The highest BCUT2D eigenvalue weighted by molar-refractivity contribution is 5.90. The lowest BCUT2D eigenvalue weighted by atomic mass is 9.98. The fourth-order valence-corrected chi connectivity index (χ4v) is 4.29. The molecule has 4 aromatic rings. The second kappa shape index (κ2) is 6.81. The molecule has 2 heteroatoms. The molecule has 0 saturated heterocycles. The Morgan fingerprint density at radius 2 is 1.45 bits per heavy atom. The van der Waals surface area contributed by atoms with Crippen molar-refractivity contribution in [3.63, 3.8) is 0 Å². The van der Waals surface area contributed by atoms with Crippen molar-refractivity contribution in [3.05, 3.63) is 89.5 Å². The topological polar surface area (TPSA) is 14.2 Å². The van der Waals surface area contributed by atoms with Crippen LogP contribution in [0.15, 0.2) is 72.8 Å². The molecule has 1 aromatic heterocycles. The van der Waals surface area contributed by atoms with E-state index in [0.717, 1.165) is 5.75 Å². The maximum Gasteiger partial charge on any atom is 0.203 e. The Labute approximate surface area is 172 Å². The Balaban J connectivity index is 1.77. The Kier molecular flexibility index (Phi) is 4.24. The van der Waals surface area contributed by atoms with Crippen LogP contribution in [0.3, 0.4) is 0 Å². The van der Waals surface area contributed by atoms with Gasteiger partial charge < -0.3 is 9.30 Å². The van der Waals surface area contributed by atoms with E-state index >= 15 is 0 Å². The molecule has 146 valence electrons. The fourth-order valence-electron chi connectivity index (χ4n) is 4.29. The first-order valence-corrected chi connectivity index (χ1v) is 10.5. The van der Waals surface area contributed by atoms with Crippen molar-refractivity contribution >= 4 is 10.9 Å². The van der Waals surface area contributed by atoms with Crippen molar-refractivity contribution in [3.8, 4) is 17.0 Å². The lowest BCUT2D eigenvalue weighted by Gasteiger charge is -2.31. The summed E-state index contributed by atoms with van der Waals surface area (Å²) in [6, 6.07) is 26.4. The third kappa shape index (κ3) is 2.95. The molecule has 1 aliphatic heterocycles. The standard InChI is InChI=1S/C27H27NO/c1-17(2)20-11-13-24-22(14-20)15-25-23-12-10-21(18(3)4)16-26(23)29-27(28(24)25)19-8-6-5-7-9-19/h5-18,27H,1-4H3/t27-/m0/s1.